The monoisotopic (exact) mass is 696 g/mol. The Bertz CT molecular complexity index is 1800. The highest BCUT2D eigenvalue weighted by Gasteiger charge is 2.25. The molecule has 0 fully saturated rings. The lowest BCUT2D eigenvalue weighted by atomic mass is 10.00. The number of amides is 2. The van der Waals surface area contributed by atoms with Crippen molar-refractivity contribution in [1.29, 1.82) is 0 Å². The zero-order chi connectivity index (χ0) is 36.6. The minimum atomic E-state index is -0.725. The predicted molar refractivity (Wildman–Crippen MR) is 179 cm³/mol. The molecule has 2 atom stereocenters. The summed E-state index contributed by atoms with van der Waals surface area (Å²) in [4.78, 5) is 105. The average Bonchev–Trinajstić information content (AvgIpc) is 3.01. The van der Waals surface area contributed by atoms with Crippen LogP contribution in [0.4, 0.5) is 0 Å². The van der Waals surface area contributed by atoms with E-state index < -0.39 is 47.8 Å². The number of hydrogen-bond acceptors (Lipinski definition) is 14. The number of rotatable bonds is 10. The summed E-state index contributed by atoms with van der Waals surface area (Å²) < 4.78 is 1.28. The van der Waals surface area contributed by atoms with Crippen LogP contribution in [0.15, 0.2) is 51.5 Å². The Morgan fingerprint density at radius 2 is 1.00 bits per heavy atom. The first-order valence-electron chi connectivity index (χ1n) is 14.9. The number of oxime groups is 2. The SMILES string of the molecule is CC(=O)O/N=C(\CC(C)N(OC(C)=O)C(C)=O)c1ccc2sc3ccc(/C(CC(C)N(OC(C)=O)C(C)=O)=N/OC(C)=O)cc3c(=O)c2c1. The van der Waals surface area contributed by atoms with E-state index in [9.17, 15) is 33.6 Å². The molecule has 0 aliphatic carbocycles. The van der Waals surface area contributed by atoms with Crippen LogP contribution in [-0.4, -0.2) is 69.3 Å². The Morgan fingerprint density at radius 1 is 0.633 bits per heavy atom. The van der Waals surface area contributed by atoms with Crippen molar-refractivity contribution in [1.82, 2.24) is 10.1 Å². The normalized spacial score (nSPS) is 12.9. The number of fused-ring (bicyclic) bond motifs is 2. The van der Waals surface area contributed by atoms with Crippen molar-refractivity contribution in [2.45, 2.75) is 80.3 Å². The van der Waals surface area contributed by atoms with Crippen molar-refractivity contribution in [3.63, 3.8) is 0 Å². The van der Waals surface area contributed by atoms with Gasteiger partial charge in [0.1, 0.15) is 0 Å². The second kappa shape index (κ2) is 16.5. The Hall–Kier alpha value is -5.51. The van der Waals surface area contributed by atoms with Gasteiger partial charge in [0, 0.05) is 85.7 Å². The van der Waals surface area contributed by atoms with Gasteiger partial charge in [0.2, 0.25) is 0 Å². The molecular formula is C33H36N4O11S. The second-order valence-electron chi connectivity index (χ2n) is 11.1. The summed E-state index contributed by atoms with van der Waals surface area (Å²) in [7, 11) is 0. The number of benzene rings is 2. The molecular weight excluding hydrogens is 660 g/mol. The van der Waals surface area contributed by atoms with E-state index in [0.29, 0.717) is 31.3 Å². The van der Waals surface area contributed by atoms with Gasteiger partial charge in [0.05, 0.1) is 23.5 Å². The van der Waals surface area contributed by atoms with E-state index in [-0.39, 0.29) is 29.7 Å². The van der Waals surface area contributed by atoms with Gasteiger partial charge in [0.15, 0.2) is 5.43 Å². The van der Waals surface area contributed by atoms with Crippen molar-refractivity contribution in [2.24, 2.45) is 10.3 Å². The third kappa shape index (κ3) is 10.2. The van der Waals surface area contributed by atoms with Crippen LogP contribution in [0.2, 0.25) is 0 Å². The number of hydroxylamine groups is 4. The summed E-state index contributed by atoms with van der Waals surface area (Å²) in [5.41, 5.74) is 0.866. The van der Waals surface area contributed by atoms with Crippen LogP contribution in [0.1, 0.15) is 79.4 Å². The van der Waals surface area contributed by atoms with E-state index in [0.717, 1.165) is 24.0 Å². The van der Waals surface area contributed by atoms with Gasteiger partial charge < -0.3 is 19.4 Å². The molecule has 0 spiro atoms. The minimum absolute atomic E-state index is 0.0141. The summed E-state index contributed by atoms with van der Waals surface area (Å²) in [5.74, 6) is -3.87. The number of carbonyl (C=O) groups is 6. The molecule has 3 aromatic rings. The van der Waals surface area contributed by atoms with Gasteiger partial charge in [-0.05, 0) is 38.1 Å². The van der Waals surface area contributed by atoms with Crippen LogP contribution in [-0.2, 0) is 48.1 Å². The maximum atomic E-state index is 14.0. The van der Waals surface area contributed by atoms with E-state index in [1.165, 1.54) is 39.0 Å². The van der Waals surface area contributed by atoms with Crippen molar-refractivity contribution in [2.75, 3.05) is 0 Å². The fraction of sp³-hybridized carbons (Fsp3) is 0.364. The molecule has 3 rings (SSSR count). The van der Waals surface area contributed by atoms with Gasteiger partial charge >= 0.3 is 23.9 Å². The quantitative estimate of drug-likeness (QED) is 0.128. The lowest BCUT2D eigenvalue weighted by Gasteiger charge is -2.26. The molecule has 0 radical (unpaired) electrons. The van der Waals surface area contributed by atoms with E-state index in [4.69, 9.17) is 19.4 Å². The first-order chi connectivity index (χ1) is 23.0. The van der Waals surface area contributed by atoms with Crippen LogP contribution in [0, 0.1) is 0 Å². The molecule has 2 aromatic carbocycles. The highest BCUT2D eigenvalue weighted by atomic mass is 32.1. The highest BCUT2D eigenvalue weighted by molar-refractivity contribution is 7.24. The van der Waals surface area contributed by atoms with Crippen molar-refractivity contribution < 1.29 is 48.1 Å². The topological polar surface area (TPSA) is 188 Å². The van der Waals surface area contributed by atoms with Gasteiger partial charge in [-0.2, -0.15) is 10.1 Å². The smallest absolute Gasteiger partial charge is 0.331 e. The van der Waals surface area contributed by atoms with Crippen LogP contribution in [0.25, 0.3) is 20.2 Å². The number of hydrogen-bond donors (Lipinski definition) is 0. The van der Waals surface area contributed by atoms with Crippen molar-refractivity contribution >= 4 is 78.6 Å². The minimum Gasteiger partial charge on any atom is -0.338 e. The third-order valence-corrected chi connectivity index (χ3v) is 7.91. The molecule has 0 N–H and O–H groups in total. The molecule has 260 valence electrons. The second-order valence-corrected chi connectivity index (χ2v) is 12.1. The summed E-state index contributed by atoms with van der Waals surface area (Å²) >= 11 is 1.33. The van der Waals surface area contributed by atoms with E-state index in [2.05, 4.69) is 10.3 Å². The summed E-state index contributed by atoms with van der Waals surface area (Å²) in [6.45, 7) is 10.3. The fourth-order valence-electron chi connectivity index (χ4n) is 4.80. The number of nitrogens with zero attached hydrogens (tertiary/aromatic N) is 4. The standard InChI is InChI=1S/C33H36N4O11S/c1-17(36(19(3)38)47-23(7)42)13-29(34-45-21(5)40)25-9-11-31-27(15-25)33(44)28-16-26(10-12-32(28)49-31)30(35-46-22(6)41)14-18(2)37(20(4)39)48-24(8)43/h9-12,15-18H,13-14H2,1-8H3/b34-29+,35-30+. The lowest BCUT2D eigenvalue weighted by molar-refractivity contribution is -0.202. The van der Waals surface area contributed by atoms with Gasteiger partial charge in [-0.15, -0.1) is 11.3 Å². The van der Waals surface area contributed by atoms with Gasteiger partial charge in [-0.3, -0.25) is 24.0 Å². The van der Waals surface area contributed by atoms with Crippen molar-refractivity contribution in [3.8, 4) is 0 Å². The molecule has 1 aromatic heterocycles. The van der Waals surface area contributed by atoms with Gasteiger partial charge in [0.25, 0.3) is 11.8 Å². The van der Waals surface area contributed by atoms with E-state index in [1.54, 1.807) is 50.2 Å². The Labute approximate surface area is 284 Å². The lowest BCUT2D eigenvalue weighted by Crippen LogP contribution is -2.39. The van der Waals surface area contributed by atoms with Crippen LogP contribution in [0.3, 0.4) is 0 Å². The maximum absolute atomic E-state index is 14.0. The van der Waals surface area contributed by atoms with Crippen LogP contribution in [0.5, 0.6) is 0 Å². The van der Waals surface area contributed by atoms with E-state index in [1.807, 2.05) is 0 Å². The summed E-state index contributed by atoms with van der Waals surface area (Å²) in [6, 6.07) is 8.52. The molecule has 0 saturated carbocycles. The Kier molecular flexibility index (Phi) is 12.8. The summed E-state index contributed by atoms with van der Waals surface area (Å²) in [5, 5.41) is 10.3. The first kappa shape index (κ1) is 37.9. The van der Waals surface area contributed by atoms with Crippen LogP contribution >= 0.6 is 11.3 Å². The van der Waals surface area contributed by atoms with Gasteiger partial charge in [-0.1, -0.05) is 22.4 Å². The largest absolute Gasteiger partial charge is 0.338 e. The first-order valence-corrected chi connectivity index (χ1v) is 15.8. The Morgan fingerprint density at radius 3 is 1.31 bits per heavy atom. The predicted octanol–water partition coefficient (Wildman–Crippen LogP) is 4.16. The summed E-state index contributed by atoms with van der Waals surface area (Å²) in [6.07, 6.45) is -0.0282. The molecule has 2 unspecified atom stereocenters. The van der Waals surface area contributed by atoms with E-state index >= 15 is 0 Å². The maximum Gasteiger partial charge on any atom is 0.331 e. The Balaban J connectivity index is 2.13. The zero-order valence-corrected chi connectivity index (χ0v) is 29.0. The molecule has 1 heterocycles. The van der Waals surface area contributed by atoms with Gasteiger partial charge in [-0.25, -0.2) is 9.59 Å². The molecule has 0 aliphatic rings. The highest BCUT2D eigenvalue weighted by Crippen LogP contribution is 2.28. The molecule has 0 bridgehead atoms. The molecule has 2 amide bonds. The van der Waals surface area contributed by atoms with Crippen molar-refractivity contribution in [3.05, 3.63) is 57.7 Å². The van der Waals surface area contributed by atoms with Crippen LogP contribution < -0.4 is 5.43 Å². The molecule has 15 nitrogen and oxygen atoms in total. The molecule has 16 heteroatoms. The zero-order valence-electron chi connectivity index (χ0n) is 28.2. The third-order valence-electron chi connectivity index (χ3n) is 6.76. The average molecular weight is 697 g/mol. The molecule has 0 saturated heterocycles. The number of carbonyl (C=O) groups excluding carboxylic acids is 6. The molecule has 49 heavy (non-hydrogen) atoms. The fourth-order valence-corrected chi connectivity index (χ4v) is 5.83. The molecule has 0 aliphatic heterocycles.